The number of benzene rings is 1. The van der Waals surface area contributed by atoms with Crippen LogP contribution in [-0.2, 0) is 9.53 Å². The summed E-state index contributed by atoms with van der Waals surface area (Å²) in [6.45, 7) is 7.39. The van der Waals surface area contributed by atoms with Gasteiger partial charge in [0.1, 0.15) is 0 Å². The van der Waals surface area contributed by atoms with Crippen LogP contribution >= 0.6 is 0 Å². The number of piperidine rings is 1. The van der Waals surface area contributed by atoms with Gasteiger partial charge in [-0.2, -0.15) is 0 Å². The molecule has 0 bridgehead atoms. The van der Waals surface area contributed by atoms with Gasteiger partial charge in [0.15, 0.2) is 0 Å². The minimum Gasteiger partial charge on any atom is -0.381 e. The van der Waals surface area contributed by atoms with E-state index in [0.29, 0.717) is 32.2 Å². The van der Waals surface area contributed by atoms with Gasteiger partial charge in [0, 0.05) is 38.5 Å². The Morgan fingerprint density at radius 3 is 2.77 bits per heavy atom. The van der Waals surface area contributed by atoms with Crippen LogP contribution in [0.5, 0.6) is 0 Å². The van der Waals surface area contributed by atoms with Gasteiger partial charge in [-0.3, -0.25) is 4.79 Å². The van der Waals surface area contributed by atoms with Crippen LogP contribution in [0.3, 0.4) is 0 Å². The Bertz CT molecular complexity index is 563. The highest BCUT2D eigenvalue weighted by Crippen LogP contribution is 2.18. The van der Waals surface area contributed by atoms with Crippen molar-refractivity contribution in [3.8, 4) is 0 Å². The average Bonchev–Trinajstić information content (AvgIpc) is 2.65. The van der Waals surface area contributed by atoms with Crippen molar-refractivity contribution in [1.82, 2.24) is 10.2 Å². The van der Waals surface area contributed by atoms with Crippen molar-refractivity contribution in [3.05, 3.63) is 30.3 Å². The molecular formula is C20H31N3O3. The lowest BCUT2D eigenvalue weighted by atomic mass is 9.97. The molecule has 1 saturated heterocycles. The van der Waals surface area contributed by atoms with Crippen LogP contribution in [0.1, 0.15) is 33.1 Å². The van der Waals surface area contributed by atoms with E-state index in [1.165, 1.54) is 0 Å². The van der Waals surface area contributed by atoms with Crippen molar-refractivity contribution >= 4 is 17.6 Å². The summed E-state index contributed by atoms with van der Waals surface area (Å²) < 4.78 is 5.51. The minimum atomic E-state index is -0.163. The summed E-state index contributed by atoms with van der Waals surface area (Å²) in [4.78, 5) is 26.5. The molecule has 0 radical (unpaired) electrons. The Morgan fingerprint density at radius 1 is 1.27 bits per heavy atom. The fourth-order valence-electron chi connectivity index (χ4n) is 2.94. The molecule has 1 aliphatic heterocycles. The van der Waals surface area contributed by atoms with Crippen molar-refractivity contribution in [2.45, 2.75) is 33.1 Å². The molecule has 0 saturated carbocycles. The maximum absolute atomic E-state index is 12.4. The van der Waals surface area contributed by atoms with Crippen LogP contribution in [0, 0.1) is 11.8 Å². The second kappa shape index (κ2) is 10.8. The van der Waals surface area contributed by atoms with Gasteiger partial charge in [-0.1, -0.05) is 32.0 Å². The van der Waals surface area contributed by atoms with Gasteiger partial charge < -0.3 is 20.3 Å². The van der Waals surface area contributed by atoms with E-state index in [2.05, 4.69) is 24.5 Å². The molecule has 1 atom stereocenters. The zero-order valence-electron chi connectivity index (χ0n) is 15.9. The summed E-state index contributed by atoms with van der Waals surface area (Å²) in [5, 5.41) is 5.86. The number of hydrogen-bond donors (Lipinski definition) is 2. The molecular weight excluding hydrogens is 330 g/mol. The van der Waals surface area contributed by atoms with Gasteiger partial charge in [0.25, 0.3) is 0 Å². The standard InChI is InChI=1S/C20H31N3O3/c1-16(2)15-26-13-7-11-21-20(25)23-12-6-8-17(14-23)19(24)22-18-9-4-3-5-10-18/h3-5,9-10,16-17H,6-8,11-15H2,1-2H3,(H,21,25)(H,22,24)/t17-/m1/s1. The van der Waals surface area contributed by atoms with Crippen LogP contribution in [-0.4, -0.2) is 49.7 Å². The highest BCUT2D eigenvalue weighted by molar-refractivity contribution is 5.93. The highest BCUT2D eigenvalue weighted by atomic mass is 16.5. The number of urea groups is 1. The lowest BCUT2D eigenvalue weighted by Gasteiger charge is -2.32. The first-order valence-corrected chi connectivity index (χ1v) is 9.52. The molecule has 0 aromatic heterocycles. The molecule has 1 aromatic rings. The van der Waals surface area contributed by atoms with E-state index >= 15 is 0 Å². The molecule has 3 amide bonds. The molecule has 2 N–H and O–H groups in total. The van der Waals surface area contributed by atoms with E-state index < -0.39 is 0 Å². The number of para-hydroxylation sites is 1. The quantitative estimate of drug-likeness (QED) is 0.699. The van der Waals surface area contributed by atoms with Crippen LogP contribution < -0.4 is 10.6 Å². The molecule has 2 rings (SSSR count). The van der Waals surface area contributed by atoms with Crippen molar-refractivity contribution in [2.24, 2.45) is 11.8 Å². The molecule has 26 heavy (non-hydrogen) atoms. The van der Waals surface area contributed by atoms with Gasteiger partial charge >= 0.3 is 6.03 Å². The third kappa shape index (κ3) is 7.04. The number of likely N-dealkylation sites (tertiary alicyclic amines) is 1. The Kier molecular flexibility index (Phi) is 8.41. The second-order valence-electron chi connectivity index (χ2n) is 7.19. The van der Waals surface area contributed by atoms with Gasteiger partial charge in [0.05, 0.1) is 5.92 Å². The van der Waals surface area contributed by atoms with Gasteiger partial charge in [-0.05, 0) is 37.3 Å². The largest absolute Gasteiger partial charge is 0.381 e. The fraction of sp³-hybridized carbons (Fsp3) is 0.600. The number of nitrogens with one attached hydrogen (secondary N) is 2. The summed E-state index contributed by atoms with van der Waals surface area (Å²) in [6.07, 6.45) is 2.45. The topological polar surface area (TPSA) is 70.7 Å². The predicted octanol–water partition coefficient (Wildman–Crippen LogP) is 3.11. The molecule has 1 aromatic carbocycles. The van der Waals surface area contributed by atoms with Crippen LogP contribution in [0.15, 0.2) is 30.3 Å². The zero-order valence-corrected chi connectivity index (χ0v) is 15.9. The van der Waals surface area contributed by atoms with Crippen LogP contribution in [0.25, 0.3) is 0 Å². The number of hydrogen-bond acceptors (Lipinski definition) is 3. The molecule has 6 heteroatoms. The monoisotopic (exact) mass is 361 g/mol. The normalized spacial score (nSPS) is 17.2. The highest BCUT2D eigenvalue weighted by Gasteiger charge is 2.28. The molecule has 0 aliphatic carbocycles. The van der Waals surface area contributed by atoms with Crippen LogP contribution in [0.2, 0.25) is 0 Å². The minimum absolute atomic E-state index is 0.0178. The maximum Gasteiger partial charge on any atom is 0.317 e. The number of ether oxygens (including phenoxy) is 1. The smallest absolute Gasteiger partial charge is 0.317 e. The van der Waals surface area contributed by atoms with E-state index in [0.717, 1.165) is 31.6 Å². The van der Waals surface area contributed by atoms with E-state index in [1.807, 2.05) is 30.3 Å². The first kappa shape index (κ1) is 20.2. The molecule has 1 aliphatic rings. The van der Waals surface area contributed by atoms with E-state index in [-0.39, 0.29) is 17.9 Å². The zero-order chi connectivity index (χ0) is 18.8. The summed E-state index contributed by atoms with van der Waals surface area (Å²) in [5.74, 6) is 0.344. The third-order valence-corrected chi connectivity index (χ3v) is 4.31. The van der Waals surface area contributed by atoms with Gasteiger partial charge in [0.2, 0.25) is 5.91 Å². The maximum atomic E-state index is 12.4. The van der Waals surface area contributed by atoms with Crippen molar-refractivity contribution in [3.63, 3.8) is 0 Å². The Hall–Kier alpha value is -2.08. The number of carbonyl (C=O) groups is 2. The lowest BCUT2D eigenvalue weighted by molar-refractivity contribution is -0.121. The number of anilines is 1. The summed E-state index contributed by atoms with van der Waals surface area (Å²) in [5.41, 5.74) is 0.792. The third-order valence-electron chi connectivity index (χ3n) is 4.31. The average molecular weight is 361 g/mol. The predicted molar refractivity (Wildman–Crippen MR) is 103 cm³/mol. The molecule has 144 valence electrons. The summed E-state index contributed by atoms with van der Waals surface area (Å²) in [7, 11) is 0. The van der Waals surface area contributed by atoms with E-state index in [9.17, 15) is 9.59 Å². The SMILES string of the molecule is CC(C)COCCCNC(=O)N1CCC[C@@H](C(=O)Nc2ccccc2)C1. The summed E-state index contributed by atoms with van der Waals surface area (Å²) >= 11 is 0. The molecule has 0 spiro atoms. The number of nitrogens with zero attached hydrogens (tertiary/aromatic N) is 1. The number of amides is 3. The summed E-state index contributed by atoms with van der Waals surface area (Å²) in [6, 6.07) is 9.34. The second-order valence-corrected chi connectivity index (χ2v) is 7.19. The van der Waals surface area contributed by atoms with Crippen LogP contribution in [0.4, 0.5) is 10.5 Å². The molecule has 1 fully saturated rings. The van der Waals surface area contributed by atoms with Crippen molar-refractivity contribution in [1.29, 1.82) is 0 Å². The molecule has 0 unspecified atom stereocenters. The Morgan fingerprint density at radius 2 is 2.04 bits per heavy atom. The van der Waals surface area contributed by atoms with Crippen molar-refractivity contribution in [2.75, 3.05) is 38.2 Å². The Labute approximate surface area is 156 Å². The first-order chi connectivity index (χ1) is 12.6. The molecule has 1 heterocycles. The molecule has 6 nitrogen and oxygen atoms in total. The fourth-order valence-corrected chi connectivity index (χ4v) is 2.94. The number of carbonyl (C=O) groups excluding carboxylic acids is 2. The lowest BCUT2D eigenvalue weighted by Crippen LogP contribution is -2.48. The first-order valence-electron chi connectivity index (χ1n) is 9.52. The van der Waals surface area contributed by atoms with Gasteiger partial charge in [-0.25, -0.2) is 4.79 Å². The van der Waals surface area contributed by atoms with Gasteiger partial charge in [-0.15, -0.1) is 0 Å². The van der Waals surface area contributed by atoms with E-state index in [1.54, 1.807) is 4.90 Å². The van der Waals surface area contributed by atoms with E-state index in [4.69, 9.17) is 4.74 Å². The Balaban J connectivity index is 1.69. The van der Waals surface area contributed by atoms with Crippen molar-refractivity contribution < 1.29 is 14.3 Å². The number of rotatable bonds is 8.